The molecule has 12 nitrogen and oxygen atoms in total. The number of nitrogens with zero attached hydrogens (tertiary/aromatic N) is 3. The number of piperidine rings is 4. The molecule has 3 unspecified atom stereocenters. The number of amides is 2. The van der Waals surface area contributed by atoms with Gasteiger partial charge in [-0.25, -0.2) is 4.79 Å². The molecule has 12 heteroatoms. The molecule has 0 aliphatic carbocycles. The fraction of sp³-hybridized carbons (Fsp3) is 0.370. The Morgan fingerprint density at radius 2 is 1.62 bits per heavy atom. The number of fused-ring (bicyclic) bond motifs is 4. The van der Waals surface area contributed by atoms with E-state index in [0.29, 0.717) is 65.8 Å². The molecule has 302 valence electrons. The maximum Gasteiger partial charge on any atom is 0.408 e. The van der Waals surface area contributed by atoms with Crippen LogP contribution in [0.15, 0.2) is 108 Å². The molecule has 4 aromatic carbocycles. The fourth-order valence-corrected chi connectivity index (χ4v) is 9.18. The van der Waals surface area contributed by atoms with Crippen LogP contribution in [-0.2, 0) is 6.61 Å². The standard InChI is InChI=1S/C46H51N5O7/c52-40-14-12-37(38-13-15-42(54)48-43(38)40)41(53)27-47-26-30-16-22-50(23-17-30)45(55)35-10-4-6-31(24-35)29-58-36-11-5-9-34(25-36)44(33-7-2-1-3-8-33)51(46(56)57)39-28-49-20-18-32(39)19-21-49/h1-15,24-25,30,32,39,41,44,47,52-53H,16-23,26-29H2,(H,48,54)(H,56,57). The quantitative estimate of drug-likeness (QED) is 0.0945. The summed E-state index contributed by atoms with van der Waals surface area (Å²) in [6.07, 6.45) is 1.94. The number of aliphatic hydroxyl groups excluding tert-OH is 1. The number of hydrogen-bond donors (Lipinski definition) is 5. The van der Waals surface area contributed by atoms with Crippen LogP contribution in [0.1, 0.15) is 70.4 Å². The van der Waals surface area contributed by atoms with Gasteiger partial charge in [0.05, 0.1) is 23.7 Å². The molecule has 2 amide bonds. The third-order valence-electron chi connectivity index (χ3n) is 12.3. The summed E-state index contributed by atoms with van der Waals surface area (Å²) >= 11 is 0. The maximum atomic E-state index is 13.6. The van der Waals surface area contributed by atoms with Crippen molar-refractivity contribution >= 4 is 22.9 Å². The lowest BCUT2D eigenvalue weighted by Gasteiger charge is -2.50. The number of hydrogen-bond acceptors (Lipinski definition) is 8. The number of aromatic amines is 1. The highest BCUT2D eigenvalue weighted by molar-refractivity contribution is 5.94. The lowest BCUT2D eigenvalue weighted by Crippen LogP contribution is -2.59. The van der Waals surface area contributed by atoms with Crippen molar-refractivity contribution in [2.45, 2.75) is 50.5 Å². The number of H-pyrrole nitrogens is 1. The van der Waals surface area contributed by atoms with Gasteiger partial charge < -0.3 is 40.2 Å². The van der Waals surface area contributed by atoms with E-state index in [-0.39, 0.29) is 29.9 Å². The van der Waals surface area contributed by atoms with Crippen molar-refractivity contribution in [2.24, 2.45) is 11.8 Å². The van der Waals surface area contributed by atoms with Crippen LogP contribution in [0.25, 0.3) is 10.9 Å². The van der Waals surface area contributed by atoms with E-state index in [0.717, 1.165) is 62.0 Å². The molecule has 4 saturated heterocycles. The summed E-state index contributed by atoms with van der Waals surface area (Å²) in [5.41, 5.74) is 3.85. The van der Waals surface area contributed by atoms with Crippen LogP contribution in [0.2, 0.25) is 0 Å². The van der Waals surface area contributed by atoms with Crippen LogP contribution in [0.5, 0.6) is 11.5 Å². The first kappa shape index (κ1) is 39.2. The summed E-state index contributed by atoms with van der Waals surface area (Å²) in [6, 6.07) is 30.7. The number of carboxylic acid groups (broad SMARTS) is 1. The first-order valence-corrected chi connectivity index (χ1v) is 20.3. The monoisotopic (exact) mass is 785 g/mol. The number of aromatic hydroxyl groups is 1. The Morgan fingerprint density at radius 1 is 0.862 bits per heavy atom. The first-order chi connectivity index (χ1) is 28.2. The van der Waals surface area contributed by atoms with Crippen molar-refractivity contribution in [1.82, 2.24) is 25.0 Å². The van der Waals surface area contributed by atoms with Gasteiger partial charge in [0, 0.05) is 43.2 Å². The molecular weight excluding hydrogens is 735 g/mol. The van der Waals surface area contributed by atoms with E-state index >= 15 is 0 Å². The number of phenols is 1. The average molecular weight is 786 g/mol. The topological polar surface area (TPSA) is 159 Å². The average Bonchev–Trinajstić information content (AvgIpc) is 3.25. The highest BCUT2D eigenvalue weighted by Crippen LogP contribution is 2.39. The second-order valence-electron chi connectivity index (χ2n) is 16.0. The lowest BCUT2D eigenvalue weighted by molar-refractivity contribution is -0.000814. The van der Waals surface area contributed by atoms with Crippen molar-refractivity contribution in [3.05, 3.63) is 141 Å². The van der Waals surface area contributed by atoms with Crippen LogP contribution >= 0.6 is 0 Å². The summed E-state index contributed by atoms with van der Waals surface area (Å²) in [5, 5.41) is 35.8. The van der Waals surface area contributed by atoms with Crippen LogP contribution in [-0.4, -0.2) is 98.9 Å². The zero-order valence-electron chi connectivity index (χ0n) is 32.5. The Kier molecular flexibility index (Phi) is 11.8. The van der Waals surface area contributed by atoms with Gasteiger partial charge in [-0.1, -0.05) is 60.7 Å². The Morgan fingerprint density at radius 3 is 2.36 bits per heavy atom. The number of ether oxygens (including phenoxy) is 1. The van der Waals surface area contributed by atoms with Gasteiger partial charge in [0.2, 0.25) is 5.56 Å². The van der Waals surface area contributed by atoms with Crippen LogP contribution in [0.3, 0.4) is 0 Å². The number of aromatic nitrogens is 1. The van der Waals surface area contributed by atoms with E-state index in [4.69, 9.17) is 4.74 Å². The number of phenolic OH excluding ortho intramolecular Hbond substituents is 1. The molecule has 0 radical (unpaired) electrons. The number of carbonyl (C=O) groups excluding carboxylic acids is 1. The van der Waals surface area contributed by atoms with E-state index in [1.54, 1.807) is 17.0 Å². The third-order valence-corrected chi connectivity index (χ3v) is 12.3. The van der Waals surface area contributed by atoms with Crippen molar-refractivity contribution < 1.29 is 29.6 Å². The molecule has 5 N–H and O–H groups in total. The summed E-state index contributed by atoms with van der Waals surface area (Å²) in [7, 11) is 0. The molecule has 0 spiro atoms. The number of aliphatic hydroxyl groups is 1. The van der Waals surface area contributed by atoms with Crippen molar-refractivity contribution in [3.63, 3.8) is 0 Å². The number of benzene rings is 4. The first-order valence-electron chi connectivity index (χ1n) is 20.3. The molecule has 5 aromatic rings. The van der Waals surface area contributed by atoms with Crippen molar-refractivity contribution in [2.75, 3.05) is 45.8 Å². The van der Waals surface area contributed by atoms with Gasteiger partial charge in [-0.2, -0.15) is 0 Å². The minimum absolute atomic E-state index is 0.0184. The van der Waals surface area contributed by atoms with Gasteiger partial charge in [0.25, 0.3) is 5.91 Å². The molecule has 2 bridgehead atoms. The van der Waals surface area contributed by atoms with Gasteiger partial charge in [0.1, 0.15) is 18.1 Å². The molecule has 3 atom stereocenters. The maximum absolute atomic E-state index is 13.6. The van der Waals surface area contributed by atoms with Crippen molar-refractivity contribution in [3.8, 4) is 11.5 Å². The molecule has 9 rings (SSSR count). The minimum atomic E-state index is -0.918. The Labute approximate surface area is 337 Å². The van der Waals surface area contributed by atoms with Gasteiger partial charge in [0.15, 0.2) is 0 Å². The van der Waals surface area contributed by atoms with Gasteiger partial charge in [-0.3, -0.25) is 14.5 Å². The lowest BCUT2D eigenvalue weighted by atomic mass is 9.81. The number of carbonyl (C=O) groups is 2. The number of nitrogens with one attached hydrogen (secondary N) is 2. The SMILES string of the molecule is O=C(c1cccc(COc2cccc(C(c3ccccc3)N(C(=O)O)C3CN4CCC3CC4)c2)c1)N1CCC(CNCC(O)c2ccc(O)c3[nH]c(=O)ccc23)CC1. The minimum Gasteiger partial charge on any atom is -0.506 e. The highest BCUT2D eigenvalue weighted by Gasteiger charge is 2.43. The second-order valence-corrected chi connectivity index (χ2v) is 16.0. The molecule has 4 aliphatic rings. The molecular formula is C46H51N5O7. The number of likely N-dealkylation sites (tertiary alicyclic amines) is 1. The van der Waals surface area contributed by atoms with Crippen LogP contribution in [0.4, 0.5) is 4.79 Å². The second kappa shape index (κ2) is 17.4. The molecule has 5 heterocycles. The summed E-state index contributed by atoms with van der Waals surface area (Å²) in [6.45, 7) is 5.32. The summed E-state index contributed by atoms with van der Waals surface area (Å²) in [5.74, 6) is 1.25. The zero-order chi connectivity index (χ0) is 40.2. The Bertz CT molecular complexity index is 2280. The van der Waals surface area contributed by atoms with Gasteiger partial charge in [-0.15, -0.1) is 0 Å². The number of pyridine rings is 1. The highest BCUT2D eigenvalue weighted by atomic mass is 16.5. The van der Waals surface area contributed by atoms with Crippen molar-refractivity contribution in [1.29, 1.82) is 0 Å². The molecule has 4 fully saturated rings. The van der Waals surface area contributed by atoms with E-state index in [1.165, 1.54) is 12.1 Å². The van der Waals surface area contributed by atoms with Gasteiger partial charge >= 0.3 is 6.09 Å². The van der Waals surface area contributed by atoms with Crippen LogP contribution < -0.4 is 15.6 Å². The van der Waals surface area contributed by atoms with E-state index < -0.39 is 18.2 Å². The third kappa shape index (κ3) is 8.59. The van der Waals surface area contributed by atoms with E-state index in [9.17, 15) is 29.7 Å². The predicted octanol–water partition coefficient (Wildman–Crippen LogP) is 6.15. The predicted molar refractivity (Wildman–Crippen MR) is 221 cm³/mol. The summed E-state index contributed by atoms with van der Waals surface area (Å²) in [4.78, 5) is 47.0. The molecule has 0 saturated carbocycles. The normalized spacial score (nSPS) is 20.4. The Hall–Kier alpha value is -5.69. The molecule has 58 heavy (non-hydrogen) atoms. The van der Waals surface area contributed by atoms with Gasteiger partial charge in [-0.05, 0) is 116 Å². The summed E-state index contributed by atoms with van der Waals surface area (Å²) < 4.78 is 6.31. The Balaban J connectivity index is 0.865. The zero-order valence-corrected chi connectivity index (χ0v) is 32.5. The molecule has 1 aromatic heterocycles. The van der Waals surface area contributed by atoms with E-state index in [1.807, 2.05) is 83.8 Å². The van der Waals surface area contributed by atoms with Crippen LogP contribution in [0, 0.1) is 11.8 Å². The molecule has 4 aliphatic heterocycles. The largest absolute Gasteiger partial charge is 0.506 e. The van der Waals surface area contributed by atoms with E-state index in [2.05, 4.69) is 15.2 Å². The fourth-order valence-electron chi connectivity index (χ4n) is 9.18. The number of rotatable bonds is 13. The smallest absolute Gasteiger partial charge is 0.408 e.